The van der Waals surface area contributed by atoms with E-state index in [1.54, 1.807) is 42.6 Å². The molecule has 1 saturated heterocycles. The van der Waals surface area contributed by atoms with Crippen LogP contribution in [0.2, 0.25) is 0 Å². The number of ether oxygens (including phenoxy) is 2. The number of alkyl halides is 1. The average molecular weight is 406 g/mol. The van der Waals surface area contributed by atoms with E-state index < -0.39 is 35.8 Å². The molecular formula is C20H20ClNO6. The van der Waals surface area contributed by atoms with Crippen molar-refractivity contribution in [2.45, 2.75) is 35.8 Å². The summed E-state index contributed by atoms with van der Waals surface area (Å²) in [5.41, 5.74) is -0.484. The molecule has 2 aromatic carbocycles. The minimum atomic E-state index is -1.93. The van der Waals surface area contributed by atoms with E-state index in [2.05, 4.69) is 4.98 Å². The smallest absolute Gasteiger partial charge is 0.268 e. The van der Waals surface area contributed by atoms with E-state index >= 15 is 0 Å². The molecule has 6 atom stereocenters. The van der Waals surface area contributed by atoms with Crippen molar-refractivity contribution in [2.24, 2.45) is 0 Å². The van der Waals surface area contributed by atoms with Gasteiger partial charge in [0.1, 0.15) is 24.1 Å². The molecule has 0 saturated carbocycles. The van der Waals surface area contributed by atoms with E-state index in [4.69, 9.17) is 21.1 Å². The van der Waals surface area contributed by atoms with Crippen LogP contribution in [-0.2, 0) is 10.5 Å². The molecule has 0 aliphatic carbocycles. The first-order valence-corrected chi connectivity index (χ1v) is 9.22. The van der Waals surface area contributed by atoms with Crippen LogP contribution in [0.15, 0.2) is 60.8 Å². The molecule has 1 fully saturated rings. The van der Waals surface area contributed by atoms with Crippen LogP contribution in [0.25, 0.3) is 10.9 Å². The summed E-state index contributed by atoms with van der Waals surface area (Å²) in [5.74, 6) is -1.57. The number of fused-ring (bicyclic) bond motifs is 1. The zero-order valence-corrected chi connectivity index (χ0v) is 15.4. The third-order valence-electron chi connectivity index (χ3n) is 4.96. The highest BCUT2D eigenvalue weighted by molar-refractivity contribution is 6.19. The highest BCUT2D eigenvalue weighted by atomic mass is 35.5. The Morgan fingerprint density at radius 1 is 1.00 bits per heavy atom. The maximum Gasteiger partial charge on any atom is 0.268 e. The second kappa shape index (κ2) is 7.36. The van der Waals surface area contributed by atoms with Crippen LogP contribution in [0.1, 0.15) is 5.56 Å². The molecule has 0 amide bonds. The molecule has 3 aromatic rings. The standard InChI is InChI=1S/C20H20ClNO6/c21-19(26)17-15(23)16(24)18(25)20(28-17,27-11-6-2-1-3-7-11)13-10-22-14-9-5-4-8-12(13)14/h1-10,15-19,22-26H/t15-,16+,17+,18-,19?,20-/m1/s1. The topological polar surface area (TPSA) is 115 Å². The van der Waals surface area contributed by atoms with Crippen LogP contribution in [0, 0.1) is 0 Å². The first kappa shape index (κ1) is 19.2. The van der Waals surface area contributed by atoms with Gasteiger partial charge < -0.3 is 34.9 Å². The number of aliphatic hydroxyl groups excluding tert-OH is 4. The molecule has 0 bridgehead atoms. The summed E-state index contributed by atoms with van der Waals surface area (Å²) in [6.07, 6.45) is -4.77. The predicted molar refractivity (Wildman–Crippen MR) is 102 cm³/mol. The number of halogens is 1. The van der Waals surface area contributed by atoms with Gasteiger partial charge in [0.15, 0.2) is 11.7 Å². The molecule has 2 heterocycles. The van der Waals surface area contributed by atoms with Gasteiger partial charge in [0.2, 0.25) is 0 Å². The van der Waals surface area contributed by atoms with Crippen molar-refractivity contribution in [1.82, 2.24) is 4.98 Å². The quantitative estimate of drug-likeness (QED) is 0.419. The molecular weight excluding hydrogens is 386 g/mol. The van der Waals surface area contributed by atoms with E-state index in [-0.39, 0.29) is 0 Å². The van der Waals surface area contributed by atoms with E-state index in [0.29, 0.717) is 16.7 Å². The normalized spacial score (nSPS) is 31.6. The second-order valence-electron chi connectivity index (χ2n) is 6.71. The zero-order chi connectivity index (χ0) is 19.9. The van der Waals surface area contributed by atoms with Crippen molar-refractivity contribution >= 4 is 22.5 Å². The fourth-order valence-corrected chi connectivity index (χ4v) is 3.75. The maximum atomic E-state index is 11.0. The van der Waals surface area contributed by atoms with Gasteiger partial charge in [-0.15, -0.1) is 0 Å². The number of aromatic nitrogens is 1. The van der Waals surface area contributed by atoms with Gasteiger partial charge in [-0.1, -0.05) is 48.0 Å². The number of para-hydroxylation sites is 2. The molecule has 7 nitrogen and oxygen atoms in total. The van der Waals surface area contributed by atoms with Crippen LogP contribution in [0.4, 0.5) is 0 Å². The van der Waals surface area contributed by atoms with Crippen LogP contribution in [0.5, 0.6) is 5.75 Å². The Balaban J connectivity index is 1.90. The van der Waals surface area contributed by atoms with E-state index in [0.717, 1.165) is 5.52 Å². The molecule has 28 heavy (non-hydrogen) atoms. The lowest BCUT2D eigenvalue weighted by Crippen LogP contribution is -2.66. The Hall–Kier alpha value is -2.13. The molecule has 148 valence electrons. The molecule has 1 aliphatic rings. The number of nitrogens with one attached hydrogen (secondary N) is 1. The van der Waals surface area contributed by atoms with Crippen molar-refractivity contribution in [3.8, 4) is 5.75 Å². The largest absolute Gasteiger partial charge is 0.455 e. The number of hydrogen-bond donors (Lipinski definition) is 5. The minimum absolute atomic E-state index is 0.359. The number of H-pyrrole nitrogens is 1. The number of aliphatic hydroxyl groups is 4. The van der Waals surface area contributed by atoms with Crippen molar-refractivity contribution in [2.75, 3.05) is 0 Å². The SMILES string of the molecule is OC(Cl)[C@H]1O[C@](Oc2ccccc2)(c2c[nH]c3ccccc23)[C@H](O)[C@@H](O)[C@H]1O. The van der Waals surface area contributed by atoms with Crippen molar-refractivity contribution in [1.29, 1.82) is 0 Å². The summed E-state index contributed by atoms with van der Waals surface area (Å²) in [7, 11) is 0. The van der Waals surface area contributed by atoms with Gasteiger partial charge in [0, 0.05) is 17.1 Å². The summed E-state index contributed by atoms with van der Waals surface area (Å²) < 4.78 is 12.0. The first-order chi connectivity index (χ1) is 13.4. The Labute approximate surface area is 165 Å². The van der Waals surface area contributed by atoms with Gasteiger partial charge in [-0.05, 0) is 18.2 Å². The number of benzene rings is 2. The lowest BCUT2D eigenvalue weighted by Gasteiger charge is -2.48. The van der Waals surface area contributed by atoms with Crippen molar-refractivity contribution < 1.29 is 29.9 Å². The molecule has 1 unspecified atom stereocenters. The molecule has 0 spiro atoms. The van der Waals surface area contributed by atoms with Gasteiger partial charge in [0.05, 0.1) is 5.56 Å². The molecule has 5 N–H and O–H groups in total. The monoisotopic (exact) mass is 405 g/mol. The van der Waals surface area contributed by atoms with E-state index in [1.807, 2.05) is 18.2 Å². The Morgan fingerprint density at radius 2 is 1.68 bits per heavy atom. The Kier molecular flexibility index (Phi) is 5.05. The van der Waals surface area contributed by atoms with Crippen molar-refractivity contribution in [3.63, 3.8) is 0 Å². The first-order valence-electron chi connectivity index (χ1n) is 8.79. The summed E-state index contributed by atoms with van der Waals surface area (Å²) >= 11 is 5.79. The molecule has 0 radical (unpaired) electrons. The summed E-state index contributed by atoms with van der Waals surface area (Å²) in [5, 5.41) is 42.3. The Morgan fingerprint density at radius 3 is 2.39 bits per heavy atom. The Bertz CT molecular complexity index is 948. The summed E-state index contributed by atoms with van der Waals surface area (Å²) in [4.78, 5) is 3.08. The van der Waals surface area contributed by atoms with E-state index in [9.17, 15) is 20.4 Å². The minimum Gasteiger partial charge on any atom is -0.455 e. The van der Waals surface area contributed by atoms with Gasteiger partial charge in [0.25, 0.3) is 5.79 Å². The van der Waals surface area contributed by atoms with Crippen LogP contribution < -0.4 is 4.74 Å². The summed E-state index contributed by atoms with van der Waals surface area (Å²) in [6, 6.07) is 15.9. The number of rotatable bonds is 4. The number of hydrogen-bond acceptors (Lipinski definition) is 6. The highest BCUT2D eigenvalue weighted by Crippen LogP contribution is 2.43. The average Bonchev–Trinajstić information content (AvgIpc) is 3.14. The predicted octanol–water partition coefficient (Wildman–Crippen LogP) is 1.44. The van der Waals surface area contributed by atoms with Crippen LogP contribution in [0.3, 0.4) is 0 Å². The fourth-order valence-electron chi connectivity index (χ4n) is 3.55. The van der Waals surface area contributed by atoms with Gasteiger partial charge in [-0.3, -0.25) is 0 Å². The zero-order valence-electron chi connectivity index (χ0n) is 14.6. The summed E-state index contributed by atoms with van der Waals surface area (Å²) in [6.45, 7) is 0. The van der Waals surface area contributed by atoms with Gasteiger partial charge in [-0.2, -0.15) is 0 Å². The third kappa shape index (κ3) is 3.06. The third-order valence-corrected chi connectivity index (χ3v) is 5.21. The van der Waals surface area contributed by atoms with E-state index in [1.165, 1.54) is 0 Å². The second-order valence-corrected chi connectivity index (χ2v) is 7.16. The number of aromatic amines is 1. The fraction of sp³-hybridized carbons (Fsp3) is 0.300. The molecule has 1 aliphatic heterocycles. The van der Waals surface area contributed by atoms with Gasteiger partial charge >= 0.3 is 0 Å². The van der Waals surface area contributed by atoms with Crippen LogP contribution in [-0.4, -0.2) is 55.4 Å². The molecule has 4 rings (SSSR count). The molecule has 1 aromatic heterocycles. The lowest BCUT2D eigenvalue weighted by molar-refractivity contribution is -0.348. The lowest BCUT2D eigenvalue weighted by atomic mass is 9.87. The van der Waals surface area contributed by atoms with Gasteiger partial charge in [-0.25, -0.2) is 0 Å². The van der Waals surface area contributed by atoms with Crippen molar-refractivity contribution in [3.05, 3.63) is 66.4 Å². The maximum absolute atomic E-state index is 11.0. The highest BCUT2D eigenvalue weighted by Gasteiger charge is 2.58. The van der Waals surface area contributed by atoms with Crippen LogP contribution >= 0.6 is 11.6 Å². The molecule has 8 heteroatoms.